The van der Waals surface area contributed by atoms with Gasteiger partial charge in [-0.15, -0.1) is 0 Å². The third-order valence-electron chi connectivity index (χ3n) is 3.60. The number of nitrogens with two attached hydrogens (primary N) is 1. The molecule has 3 nitrogen and oxygen atoms in total. The summed E-state index contributed by atoms with van der Waals surface area (Å²) in [6, 6.07) is 10.3. The molecule has 0 bridgehead atoms. The number of rotatable bonds is 2. The molecule has 2 aromatic heterocycles. The molecule has 3 aromatic rings. The standard InChI is InChI=1S/C17H17N3/c1-3-15-17(11(2)6-7-19-15)13-5-4-12-9-16(18)20-10-14(12)8-13/h4-10H,3H2,1-2H3,(H2,18,20). The first-order chi connectivity index (χ1) is 9.69. The molecule has 2 heterocycles. The zero-order valence-corrected chi connectivity index (χ0v) is 11.7. The van der Waals surface area contributed by atoms with E-state index in [4.69, 9.17) is 5.73 Å². The van der Waals surface area contributed by atoms with E-state index in [9.17, 15) is 0 Å². The first-order valence-corrected chi connectivity index (χ1v) is 6.79. The van der Waals surface area contributed by atoms with Crippen LogP contribution in [0.5, 0.6) is 0 Å². The smallest absolute Gasteiger partial charge is 0.123 e. The van der Waals surface area contributed by atoms with Crippen LogP contribution in [0.1, 0.15) is 18.2 Å². The molecule has 0 aliphatic heterocycles. The molecule has 3 heteroatoms. The van der Waals surface area contributed by atoms with Gasteiger partial charge >= 0.3 is 0 Å². The van der Waals surface area contributed by atoms with Gasteiger partial charge in [0.25, 0.3) is 0 Å². The summed E-state index contributed by atoms with van der Waals surface area (Å²) in [5.41, 5.74) is 10.5. The van der Waals surface area contributed by atoms with Gasteiger partial charge in [-0.25, -0.2) is 4.98 Å². The lowest BCUT2D eigenvalue weighted by molar-refractivity contribution is 1.03. The summed E-state index contributed by atoms with van der Waals surface area (Å²) in [4.78, 5) is 8.66. The van der Waals surface area contributed by atoms with E-state index in [1.807, 2.05) is 18.5 Å². The molecule has 3 rings (SSSR count). The van der Waals surface area contributed by atoms with E-state index in [0.29, 0.717) is 5.82 Å². The summed E-state index contributed by atoms with van der Waals surface area (Å²) in [5.74, 6) is 0.553. The van der Waals surface area contributed by atoms with Crippen LogP contribution in [0, 0.1) is 6.92 Å². The molecule has 1 aromatic carbocycles. The topological polar surface area (TPSA) is 51.8 Å². The maximum absolute atomic E-state index is 5.72. The molecule has 0 atom stereocenters. The molecule has 0 spiro atoms. The van der Waals surface area contributed by atoms with Crippen molar-refractivity contribution < 1.29 is 0 Å². The minimum atomic E-state index is 0.553. The molecule has 0 aliphatic rings. The number of aryl methyl sites for hydroxylation is 2. The maximum Gasteiger partial charge on any atom is 0.123 e. The van der Waals surface area contributed by atoms with Gasteiger partial charge in [0.05, 0.1) is 0 Å². The van der Waals surface area contributed by atoms with E-state index in [0.717, 1.165) is 22.9 Å². The summed E-state index contributed by atoms with van der Waals surface area (Å²) in [6.07, 6.45) is 4.63. The average Bonchev–Trinajstić information content (AvgIpc) is 2.46. The highest BCUT2D eigenvalue weighted by Crippen LogP contribution is 2.29. The van der Waals surface area contributed by atoms with E-state index < -0.39 is 0 Å². The van der Waals surface area contributed by atoms with Crippen LogP contribution in [0.25, 0.3) is 21.9 Å². The molecule has 0 radical (unpaired) electrons. The summed E-state index contributed by atoms with van der Waals surface area (Å²) in [6.45, 7) is 4.26. The highest BCUT2D eigenvalue weighted by Gasteiger charge is 2.09. The van der Waals surface area contributed by atoms with Gasteiger partial charge in [-0.3, -0.25) is 4.98 Å². The van der Waals surface area contributed by atoms with Crippen LogP contribution >= 0.6 is 0 Å². The highest BCUT2D eigenvalue weighted by atomic mass is 14.8. The van der Waals surface area contributed by atoms with Crippen LogP contribution in [-0.4, -0.2) is 9.97 Å². The summed E-state index contributed by atoms with van der Waals surface area (Å²) in [7, 11) is 0. The van der Waals surface area contributed by atoms with Crippen molar-refractivity contribution in [1.29, 1.82) is 0 Å². The number of hydrogen-bond donors (Lipinski definition) is 1. The fourth-order valence-corrected chi connectivity index (χ4v) is 2.59. The number of nitrogens with zero attached hydrogens (tertiary/aromatic N) is 2. The lowest BCUT2D eigenvalue weighted by Gasteiger charge is -2.11. The Bertz CT molecular complexity index is 778. The van der Waals surface area contributed by atoms with Gasteiger partial charge in [0.1, 0.15) is 5.82 Å². The molecule has 2 N–H and O–H groups in total. The second-order valence-electron chi connectivity index (χ2n) is 4.97. The lowest BCUT2D eigenvalue weighted by Crippen LogP contribution is -1.95. The minimum Gasteiger partial charge on any atom is -0.384 e. The SMILES string of the molecule is CCc1nccc(C)c1-c1ccc2cc(N)ncc2c1. The van der Waals surface area contributed by atoms with Gasteiger partial charge < -0.3 is 5.73 Å². The molecular weight excluding hydrogens is 246 g/mol. The van der Waals surface area contributed by atoms with Crippen LogP contribution in [0.15, 0.2) is 42.7 Å². The van der Waals surface area contributed by atoms with Gasteiger partial charge in [-0.2, -0.15) is 0 Å². The average molecular weight is 263 g/mol. The number of anilines is 1. The van der Waals surface area contributed by atoms with Crippen LogP contribution in [0.2, 0.25) is 0 Å². The second kappa shape index (κ2) is 4.93. The van der Waals surface area contributed by atoms with Crippen molar-refractivity contribution in [2.75, 3.05) is 5.73 Å². The zero-order chi connectivity index (χ0) is 14.1. The van der Waals surface area contributed by atoms with Crippen LogP contribution < -0.4 is 5.73 Å². The molecule has 0 unspecified atom stereocenters. The second-order valence-corrected chi connectivity index (χ2v) is 4.97. The molecule has 0 fully saturated rings. The van der Waals surface area contributed by atoms with Crippen LogP contribution in [-0.2, 0) is 6.42 Å². The van der Waals surface area contributed by atoms with Crippen molar-refractivity contribution in [3.63, 3.8) is 0 Å². The normalized spacial score (nSPS) is 10.9. The summed E-state index contributed by atoms with van der Waals surface area (Å²) >= 11 is 0. The van der Waals surface area contributed by atoms with Crippen molar-refractivity contribution in [2.45, 2.75) is 20.3 Å². The Kier molecular flexibility index (Phi) is 3.11. The van der Waals surface area contributed by atoms with Crippen molar-refractivity contribution in [1.82, 2.24) is 9.97 Å². The Hall–Kier alpha value is -2.42. The molecule has 20 heavy (non-hydrogen) atoms. The molecular formula is C17H17N3. The monoisotopic (exact) mass is 263 g/mol. The van der Waals surface area contributed by atoms with Gasteiger partial charge in [0, 0.05) is 29.0 Å². The van der Waals surface area contributed by atoms with Crippen molar-refractivity contribution in [3.05, 3.63) is 54.0 Å². The van der Waals surface area contributed by atoms with E-state index in [1.54, 1.807) is 0 Å². The third kappa shape index (κ3) is 2.11. The Balaban J connectivity index is 2.22. The van der Waals surface area contributed by atoms with Crippen molar-refractivity contribution in [2.24, 2.45) is 0 Å². The Morgan fingerprint density at radius 1 is 1.05 bits per heavy atom. The maximum atomic E-state index is 5.72. The fraction of sp³-hybridized carbons (Fsp3) is 0.176. The largest absolute Gasteiger partial charge is 0.384 e. The lowest BCUT2D eigenvalue weighted by atomic mass is 9.96. The van der Waals surface area contributed by atoms with Crippen LogP contribution in [0.4, 0.5) is 5.82 Å². The van der Waals surface area contributed by atoms with Crippen molar-refractivity contribution >= 4 is 16.6 Å². The first kappa shape index (κ1) is 12.6. The Morgan fingerprint density at radius 2 is 1.90 bits per heavy atom. The number of pyridine rings is 2. The molecule has 0 amide bonds. The molecule has 0 saturated carbocycles. The zero-order valence-electron chi connectivity index (χ0n) is 11.7. The number of nitrogen functional groups attached to an aromatic ring is 1. The van der Waals surface area contributed by atoms with Gasteiger partial charge in [-0.05, 0) is 48.1 Å². The number of benzene rings is 1. The number of fused-ring (bicyclic) bond motifs is 1. The molecule has 0 saturated heterocycles. The van der Waals surface area contributed by atoms with Crippen molar-refractivity contribution in [3.8, 4) is 11.1 Å². The first-order valence-electron chi connectivity index (χ1n) is 6.79. The Morgan fingerprint density at radius 3 is 2.70 bits per heavy atom. The predicted octanol–water partition coefficient (Wildman–Crippen LogP) is 3.75. The summed E-state index contributed by atoms with van der Waals surface area (Å²) in [5, 5.41) is 2.21. The Labute approximate surface area is 118 Å². The van der Waals surface area contributed by atoms with Crippen LogP contribution in [0.3, 0.4) is 0 Å². The van der Waals surface area contributed by atoms with E-state index in [-0.39, 0.29) is 0 Å². The van der Waals surface area contributed by atoms with E-state index in [2.05, 4.69) is 48.1 Å². The van der Waals surface area contributed by atoms with Gasteiger partial charge in [-0.1, -0.05) is 19.1 Å². The number of hydrogen-bond acceptors (Lipinski definition) is 3. The molecule has 0 aliphatic carbocycles. The quantitative estimate of drug-likeness (QED) is 0.766. The van der Waals surface area contributed by atoms with Gasteiger partial charge in [0.15, 0.2) is 0 Å². The van der Waals surface area contributed by atoms with E-state index >= 15 is 0 Å². The minimum absolute atomic E-state index is 0.553. The van der Waals surface area contributed by atoms with Gasteiger partial charge in [0.2, 0.25) is 0 Å². The predicted molar refractivity (Wildman–Crippen MR) is 83.5 cm³/mol. The molecule has 100 valence electrons. The fourth-order valence-electron chi connectivity index (χ4n) is 2.59. The van der Waals surface area contributed by atoms with E-state index in [1.165, 1.54) is 16.7 Å². The summed E-state index contributed by atoms with van der Waals surface area (Å²) < 4.78 is 0. The third-order valence-corrected chi connectivity index (χ3v) is 3.60. The highest BCUT2D eigenvalue weighted by molar-refractivity contribution is 5.88. The number of aromatic nitrogens is 2.